The van der Waals surface area contributed by atoms with Crippen LogP contribution in [0.4, 0.5) is 5.95 Å². The first-order chi connectivity index (χ1) is 16.1. The smallest absolute Gasteiger partial charge is 0.221 e. The van der Waals surface area contributed by atoms with E-state index < -0.39 is 0 Å². The van der Waals surface area contributed by atoms with Gasteiger partial charge in [0.25, 0.3) is 0 Å². The first-order valence-electron chi connectivity index (χ1n) is 10.6. The number of hydrogen-bond donors (Lipinski definition) is 1. The van der Waals surface area contributed by atoms with Gasteiger partial charge < -0.3 is 5.73 Å². The van der Waals surface area contributed by atoms with Crippen molar-refractivity contribution >= 4 is 11.7 Å². The Morgan fingerprint density at radius 3 is 2.15 bits per heavy atom. The van der Waals surface area contributed by atoms with E-state index in [1.54, 1.807) is 0 Å². The van der Waals surface area contributed by atoms with Gasteiger partial charge in [-0.05, 0) is 24.6 Å². The van der Waals surface area contributed by atoms with Crippen LogP contribution in [0.15, 0.2) is 85.1 Å². The van der Waals surface area contributed by atoms with E-state index in [0.29, 0.717) is 22.5 Å². The number of carbonyl (C=O) groups excluding carboxylic acids is 1. The van der Waals surface area contributed by atoms with Crippen molar-refractivity contribution in [1.29, 1.82) is 0 Å². The Balaban J connectivity index is 1.59. The van der Waals surface area contributed by atoms with Crippen molar-refractivity contribution in [2.45, 2.75) is 6.92 Å². The van der Waals surface area contributed by atoms with Gasteiger partial charge in [0, 0.05) is 27.9 Å². The first kappa shape index (κ1) is 19.1. The number of hydrogen-bond acceptors (Lipinski definition) is 5. The molecule has 6 nitrogen and oxygen atoms in total. The minimum atomic E-state index is -0.0891. The Hall–Kier alpha value is -4.58. The summed E-state index contributed by atoms with van der Waals surface area (Å²) in [6, 6.07) is 25.3. The van der Waals surface area contributed by atoms with Crippen LogP contribution in [-0.4, -0.2) is 25.5 Å². The second kappa shape index (κ2) is 7.24. The molecule has 33 heavy (non-hydrogen) atoms. The Morgan fingerprint density at radius 2 is 1.39 bits per heavy atom. The SMILES string of the molecule is Cc1c(-c2cccc3c2-c2nc(N)nc(-c4ccccc4)c2C3=O)cnn1-c1ccccc1. The number of carbonyl (C=O) groups is 1. The van der Waals surface area contributed by atoms with Crippen molar-refractivity contribution < 1.29 is 4.79 Å². The van der Waals surface area contributed by atoms with E-state index in [9.17, 15) is 4.79 Å². The molecule has 2 heterocycles. The second-order valence-corrected chi connectivity index (χ2v) is 7.97. The Bertz CT molecular complexity index is 1540. The first-order valence-corrected chi connectivity index (χ1v) is 10.6. The maximum Gasteiger partial charge on any atom is 0.221 e. The fourth-order valence-corrected chi connectivity index (χ4v) is 4.54. The van der Waals surface area contributed by atoms with Gasteiger partial charge in [0.15, 0.2) is 5.78 Å². The number of rotatable bonds is 3. The van der Waals surface area contributed by atoms with Crippen molar-refractivity contribution in [2.75, 3.05) is 5.73 Å². The number of para-hydroxylation sites is 1. The molecule has 0 bridgehead atoms. The topological polar surface area (TPSA) is 86.7 Å². The third-order valence-corrected chi connectivity index (χ3v) is 6.05. The molecule has 1 aliphatic rings. The van der Waals surface area contributed by atoms with Crippen LogP contribution in [0, 0.1) is 6.92 Å². The summed E-state index contributed by atoms with van der Waals surface area (Å²) in [6.45, 7) is 2.02. The molecule has 0 radical (unpaired) electrons. The predicted molar refractivity (Wildman–Crippen MR) is 128 cm³/mol. The molecule has 6 heteroatoms. The minimum absolute atomic E-state index is 0.0891. The molecule has 0 fully saturated rings. The summed E-state index contributed by atoms with van der Waals surface area (Å²) in [5, 5.41) is 4.62. The van der Waals surface area contributed by atoms with Gasteiger partial charge in [-0.3, -0.25) is 4.79 Å². The van der Waals surface area contributed by atoms with Crippen LogP contribution in [0.25, 0.3) is 39.3 Å². The zero-order valence-electron chi connectivity index (χ0n) is 17.9. The number of ketones is 1. The summed E-state index contributed by atoms with van der Waals surface area (Å²) in [6.07, 6.45) is 1.84. The van der Waals surface area contributed by atoms with Gasteiger partial charge in [-0.2, -0.15) is 5.10 Å². The van der Waals surface area contributed by atoms with E-state index in [2.05, 4.69) is 15.1 Å². The summed E-state index contributed by atoms with van der Waals surface area (Å²) < 4.78 is 1.90. The van der Waals surface area contributed by atoms with Crippen LogP contribution in [0.2, 0.25) is 0 Å². The lowest BCUT2D eigenvalue weighted by Crippen LogP contribution is -2.05. The highest BCUT2D eigenvalue weighted by atomic mass is 16.1. The monoisotopic (exact) mass is 429 g/mol. The molecule has 0 spiro atoms. The van der Waals surface area contributed by atoms with Crippen LogP contribution in [-0.2, 0) is 0 Å². The fraction of sp³-hybridized carbons (Fsp3) is 0.0370. The normalized spacial score (nSPS) is 12.0. The largest absolute Gasteiger partial charge is 0.368 e. The van der Waals surface area contributed by atoms with Gasteiger partial charge in [0.2, 0.25) is 5.95 Å². The molecular formula is C27H19N5O. The molecule has 0 saturated carbocycles. The summed E-state index contributed by atoms with van der Waals surface area (Å²) in [4.78, 5) is 22.5. The molecule has 2 N–H and O–H groups in total. The van der Waals surface area contributed by atoms with Crippen LogP contribution in [0.5, 0.6) is 0 Å². The van der Waals surface area contributed by atoms with Crippen molar-refractivity contribution in [3.05, 3.63) is 102 Å². The molecule has 0 unspecified atom stereocenters. The van der Waals surface area contributed by atoms with Crippen LogP contribution < -0.4 is 5.73 Å². The van der Waals surface area contributed by atoms with Crippen molar-refractivity contribution in [1.82, 2.24) is 19.7 Å². The molecule has 5 aromatic rings. The molecule has 1 aliphatic carbocycles. The molecule has 0 saturated heterocycles. The molecule has 0 aliphatic heterocycles. The Labute approximate surface area is 190 Å². The zero-order chi connectivity index (χ0) is 22.5. The van der Waals surface area contributed by atoms with E-state index >= 15 is 0 Å². The lowest BCUT2D eigenvalue weighted by molar-refractivity contribution is 0.104. The average molecular weight is 429 g/mol. The van der Waals surface area contributed by atoms with E-state index in [1.807, 2.05) is 96.7 Å². The Kier molecular flexibility index (Phi) is 4.20. The van der Waals surface area contributed by atoms with Gasteiger partial charge in [-0.1, -0.05) is 66.7 Å². The molecular weight excluding hydrogens is 410 g/mol. The lowest BCUT2D eigenvalue weighted by Gasteiger charge is -2.10. The third kappa shape index (κ3) is 2.88. The van der Waals surface area contributed by atoms with Gasteiger partial charge >= 0.3 is 0 Å². The second-order valence-electron chi connectivity index (χ2n) is 7.97. The summed E-state index contributed by atoms with van der Waals surface area (Å²) in [5.41, 5.74) is 13.7. The summed E-state index contributed by atoms with van der Waals surface area (Å²) in [7, 11) is 0. The number of nitrogens with two attached hydrogens (primary N) is 1. The van der Waals surface area contributed by atoms with Gasteiger partial charge in [0.05, 0.1) is 28.8 Å². The standard InChI is InChI=1S/C27H19N5O/c1-16-21(15-29-32(16)18-11-6-3-7-12-18)19-13-8-14-20-22(19)25-23(26(20)33)24(30-27(28)31-25)17-9-4-2-5-10-17/h2-15H,1H3,(H2,28,30,31). The highest BCUT2D eigenvalue weighted by Crippen LogP contribution is 2.45. The third-order valence-electron chi connectivity index (χ3n) is 6.05. The molecule has 0 atom stereocenters. The molecule has 0 amide bonds. The molecule has 3 aromatic carbocycles. The number of nitrogen functional groups attached to an aromatic ring is 1. The Morgan fingerprint density at radius 1 is 0.727 bits per heavy atom. The summed E-state index contributed by atoms with van der Waals surface area (Å²) >= 11 is 0. The highest BCUT2D eigenvalue weighted by molar-refractivity contribution is 6.25. The van der Waals surface area contributed by atoms with Gasteiger partial charge in [0.1, 0.15) is 0 Å². The van der Waals surface area contributed by atoms with E-state index in [0.717, 1.165) is 33.6 Å². The van der Waals surface area contributed by atoms with Gasteiger partial charge in [-0.15, -0.1) is 0 Å². The van der Waals surface area contributed by atoms with E-state index in [-0.39, 0.29) is 11.7 Å². The highest BCUT2D eigenvalue weighted by Gasteiger charge is 2.35. The van der Waals surface area contributed by atoms with E-state index in [1.165, 1.54) is 0 Å². The number of aromatic nitrogens is 4. The van der Waals surface area contributed by atoms with E-state index in [4.69, 9.17) is 5.73 Å². The van der Waals surface area contributed by atoms with Crippen LogP contribution in [0.1, 0.15) is 21.6 Å². The maximum atomic E-state index is 13.5. The zero-order valence-corrected chi connectivity index (χ0v) is 17.9. The quantitative estimate of drug-likeness (QED) is 0.423. The minimum Gasteiger partial charge on any atom is -0.368 e. The van der Waals surface area contributed by atoms with Crippen LogP contribution in [0.3, 0.4) is 0 Å². The number of anilines is 1. The number of fused-ring (bicyclic) bond motifs is 3. The molecule has 158 valence electrons. The molecule has 6 rings (SSSR count). The fourth-order valence-electron chi connectivity index (χ4n) is 4.54. The van der Waals surface area contributed by atoms with Crippen molar-refractivity contribution in [2.24, 2.45) is 0 Å². The maximum absolute atomic E-state index is 13.5. The molecule has 2 aromatic heterocycles. The number of nitrogens with zero attached hydrogens (tertiary/aromatic N) is 4. The number of benzene rings is 3. The van der Waals surface area contributed by atoms with Gasteiger partial charge in [-0.25, -0.2) is 14.6 Å². The van der Waals surface area contributed by atoms with Crippen molar-refractivity contribution in [3.63, 3.8) is 0 Å². The summed E-state index contributed by atoms with van der Waals surface area (Å²) in [5.74, 6) is 0.0496. The average Bonchev–Trinajstić information content (AvgIpc) is 3.37. The van der Waals surface area contributed by atoms with Crippen molar-refractivity contribution in [3.8, 4) is 39.3 Å². The lowest BCUT2D eigenvalue weighted by atomic mass is 9.96. The predicted octanol–water partition coefficient (Wildman–Crippen LogP) is 5.10. The van der Waals surface area contributed by atoms with Crippen LogP contribution >= 0.6 is 0 Å².